The van der Waals surface area contributed by atoms with E-state index in [1.54, 1.807) is 6.92 Å². The second-order valence-electron chi connectivity index (χ2n) is 2.71. The van der Waals surface area contributed by atoms with Crippen LogP contribution < -0.4 is 0 Å². The van der Waals surface area contributed by atoms with Crippen molar-refractivity contribution >= 4 is 6.29 Å². The van der Waals surface area contributed by atoms with E-state index >= 15 is 0 Å². The molecule has 1 heteroatoms. The SMILES string of the molecule is C#CC(C)CC/C=C(/C)C=O. The Kier molecular flexibility index (Phi) is 5.20. The molecular weight excluding hydrogens is 136 g/mol. The molecule has 0 N–H and O–H groups in total. The van der Waals surface area contributed by atoms with Crippen LogP contribution >= 0.6 is 0 Å². The Bertz CT molecular complexity index is 184. The lowest BCUT2D eigenvalue weighted by atomic mass is 10.1. The van der Waals surface area contributed by atoms with Crippen LogP contribution in [0.15, 0.2) is 11.6 Å². The molecule has 1 atom stereocenters. The summed E-state index contributed by atoms with van der Waals surface area (Å²) >= 11 is 0. The fourth-order valence-corrected chi connectivity index (χ4v) is 0.692. The van der Waals surface area contributed by atoms with E-state index in [1.165, 1.54) is 0 Å². The van der Waals surface area contributed by atoms with Crippen molar-refractivity contribution in [1.82, 2.24) is 0 Å². The fraction of sp³-hybridized carbons (Fsp3) is 0.500. The normalized spacial score (nSPS) is 13.7. The van der Waals surface area contributed by atoms with Crippen LogP contribution in [0.2, 0.25) is 0 Å². The highest BCUT2D eigenvalue weighted by molar-refractivity contribution is 5.71. The van der Waals surface area contributed by atoms with Crippen LogP contribution in [0.4, 0.5) is 0 Å². The van der Waals surface area contributed by atoms with E-state index in [9.17, 15) is 4.79 Å². The molecule has 0 bridgehead atoms. The van der Waals surface area contributed by atoms with Crippen molar-refractivity contribution in [2.75, 3.05) is 0 Å². The Morgan fingerprint density at radius 2 is 2.36 bits per heavy atom. The lowest BCUT2D eigenvalue weighted by molar-refractivity contribution is -0.104. The number of terminal acetylenes is 1. The van der Waals surface area contributed by atoms with Crippen molar-refractivity contribution in [1.29, 1.82) is 0 Å². The molecule has 1 nitrogen and oxygen atoms in total. The van der Waals surface area contributed by atoms with Gasteiger partial charge in [-0.15, -0.1) is 12.3 Å². The summed E-state index contributed by atoms with van der Waals surface area (Å²) in [5.74, 6) is 2.95. The van der Waals surface area contributed by atoms with Gasteiger partial charge in [0.15, 0.2) is 0 Å². The Morgan fingerprint density at radius 3 is 2.82 bits per heavy atom. The van der Waals surface area contributed by atoms with Gasteiger partial charge in [-0.1, -0.05) is 13.0 Å². The Labute approximate surface area is 68.5 Å². The molecular formula is C10H14O. The monoisotopic (exact) mass is 150 g/mol. The van der Waals surface area contributed by atoms with E-state index in [-0.39, 0.29) is 0 Å². The molecule has 0 aromatic heterocycles. The Hall–Kier alpha value is -1.03. The average molecular weight is 150 g/mol. The highest BCUT2D eigenvalue weighted by Crippen LogP contribution is 2.05. The number of hydrogen-bond donors (Lipinski definition) is 0. The molecule has 0 radical (unpaired) electrons. The van der Waals surface area contributed by atoms with Gasteiger partial charge >= 0.3 is 0 Å². The summed E-state index contributed by atoms with van der Waals surface area (Å²) in [6, 6.07) is 0. The average Bonchev–Trinajstić information content (AvgIpc) is 2.04. The van der Waals surface area contributed by atoms with Gasteiger partial charge < -0.3 is 0 Å². The zero-order valence-corrected chi connectivity index (χ0v) is 7.13. The number of rotatable bonds is 4. The summed E-state index contributed by atoms with van der Waals surface area (Å²) in [6.07, 6.45) is 9.82. The van der Waals surface area contributed by atoms with Crippen molar-refractivity contribution in [2.45, 2.75) is 26.7 Å². The van der Waals surface area contributed by atoms with Crippen LogP contribution in [0, 0.1) is 18.3 Å². The highest BCUT2D eigenvalue weighted by atomic mass is 16.1. The molecule has 0 spiro atoms. The minimum absolute atomic E-state index is 0.311. The second-order valence-corrected chi connectivity index (χ2v) is 2.71. The topological polar surface area (TPSA) is 17.1 Å². The van der Waals surface area contributed by atoms with Crippen LogP contribution in [0.25, 0.3) is 0 Å². The standard InChI is InChI=1S/C10H14O/c1-4-9(2)6-5-7-10(3)8-11/h1,7-9H,5-6H2,2-3H3/b10-7-. The van der Waals surface area contributed by atoms with E-state index in [0.717, 1.165) is 24.7 Å². The maximum Gasteiger partial charge on any atom is 0.145 e. The fourth-order valence-electron chi connectivity index (χ4n) is 0.692. The third-order valence-corrected chi connectivity index (χ3v) is 1.54. The summed E-state index contributed by atoms with van der Waals surface area (Å²) in [7, 11) is 0. The first-order valence-corrected chi connectivity index (χ1v) is 3.78. The number of allylic oxidation sites excluding steroid dienone is 2. The third-order valence-electron chi connectivity index (χ3n) is 1.54. The molecule has 0 rings (SSSR count). The third kappa shape index (κ3) is 5.42. The number of aldehydes is 1. The van der Waals surface area contributed by atoms with Gasteiger partial charge in [0.25, 0.3) is 0 Å². The van der Waals surface area contributed by atoms with Crippen molar-refractivity contribution in [3.8, 4) is 12.3 Å². The molecule has 0 saturated carbocycles. The van der Waals surface area contributed by atoms with Gasteiger partial charge in [0.1, 0.15) is 6.29 Å². The number of carbonyl (C=O) groups excluding carboxylic acids is 1. The quantitative estimate of drug-likeness (QED) is 0.341. The molecule has 0 aliphatic heterocycles. The largest absolute Gasteiger partial charge is 0.298 e. The van der Waals surface area contributed by atoms with Gasteiger partial charge in [0.2, 0.25) is 0 Å². The van der Waals surface area contributed by atoms with E-state index in [4.69, 9.17) is 6.42 Å². The molecule has 1 unspecified atom stereocenters. The van der Waals surface area contributed by atoms with Crippen molar-refractivity contribution in [3.63, 3.8) is 0 Å². The van der Waals surface area contributed by atoms with E-state index in [0.29, 0.717) is 5.92 Å². The van der Waals surface area contributed by atoms with E-state index in [2.05, 4.69) is 5.92 Å². The summed E-state index contributed by atoms with van der Waals surface area (Å²) < 4.78 is 0. The molecule has 60 valence electrons. The predicted molar refractivity (Wildman–Crippen MR) is 47.1 cm³/mol. The number of carbonyl (C=O) groups is 1. The van der Waals surface area contributed by atoms with E-state index < -0.39 is 0 Å². The molecule has 0 aliphatic rings. The van der Waals surface area contributed by atoms with Crippen LogP contribution in [0.3, 0.4) is 0 Å². The Balaban J connectivity index is 3.58. The molecule has 0 saturated heterocycles. The minimum Gasteiger partial charge on any atom is -0.298 e. The zero-order valence-electron chi connectivity index (χ0n) is 7.13. The van der Waals surface area contributed by atoms with Gasteiger partial charge in [-0.05, 0) is 25.3 Å². The molecule has 0 amide bonds. The summed E-state index contributed by atoms with van der Waals surface area (Å²) in [4.78, 5) is 10.1. The summed E-state index contributed by atoms with van der Waals surface area (Å²) in [6.45, 7) is 3.80. The second kappa shape index (κ2) is 5.73. The minimum atomic E-state index is 0.311. The first kappa shape index (κ1) is 9.97. The van der Waals surface area contributed by atoms with Crippen LogP contribution in [0.1, 0.15) is 26.7 Å². The molecule has 0 aliphatic carbocycles. The lowest BCUT2D eigenvalue weighted by Crippen LogP contribution is -1.88. The maximum absolute atomic E-state index is 10.1. The molecule has 0 aromatic carbocycles. The lowest BCUT2D eigenvalue weighted by Gasteiger charge is -1.98. The zero-order chi connectivity index (χ0) is 8.69. The molecule has 0 aromatic rings. The first-order chi connectivity index (χ1) is 5.20. The maximum atomic E-state index is 10.1. The van der Waals surface area contributed by atoms with Gasteiger partial charge in [-0.2, -0.15) is 0 Å². The number of hydrogen-bond acceptors (Lipinski definition) is 1. The smallest absolute Gasteiger partial charge is 0.145 e. The predicted octanol–water partition coefficient (Wildman–Crippen LogP) is 2.18. The van der Waals surface area contributed by atoms with Crippen LogP contribution in [0.5, 0.6) is 0 Å². The van der Waals surface area contributed by atoms with Gasteiger partial charge in [0.05, 0.1) is 0 Å². The molecule has 11 heavy (non-hydrogen) atoms. The van der Waals surface area contributed by atoms with Gasteiger partial charge in [0, 0.05) is 5.92 Å². The first-order valence-electron chi connectivity index (χ1n) is 3.78. The van der Waals surface area contributed by atoms with Crippen molar-refractivity contribution in [3.05, 3.63) is 11.6 Å². The highest BCUT2D eigenvalue weighted by Gasteiger charge is 1.93. The molecule has 0 fully saturated rings. The van der Waals surface area contributed by atoms with E-state index in [1.807, 2.05) is 13.0 Å². The van der Waals surface area contributed by atoms with Gasteiger partial charge in [-0.25, -0.2) is 0 Å². The van der Waals surface area contributed by atoms with Gasteiger partial charge in [-0.3, -0.25) is 4.79 Å². The van der Waals surface area contributed by atoms with Crippen molar-refractivity contribution in [2.24, 2.45) is 5.92 Å². The van der Waals surface area contributed by atoms with Crippen LogP contribution in [-0.2, 0) is 4.79 Å². The van der Waals surface area contributed by atoms with Crippen molar-refractivity contribution < 1.29 is 4.79 Å². The summed E-state index contributed by atoms with van der Waals surface area (Å²) in [5, 5.41) is 0. The molecule has 0 heterocycles. The Morgan fingerprint density at radius 1 is 1.73 bits per heavy atom. The van der Waals surface area contributed by atoms with Crippen LogP contribution in [-0.4, -0.2) is 6.29 Å². The summed E-state index contributed by atoms with van der Waals surface area (Å²) in [5.41, 5.74) is 0.786.